The molecule has 1 saturated heterocycles. The molecule has 1 fully saturated rings. The van der Waals surface area contributed by atoms with Crippen molar-refractivity contribution in [3.63, 3.8) is 0 Å². The lowest BCUT2D eigenvalue weighted by Gasteiger charge is -2.25. The van der Waals surface area contributed by atoms with Crippen molar-refractivity contribution in [2.24, 2.45) is 5.92 Å². The Morgan fingerprint density at radius 3 is 2.88 bits per heavy atom. The van der Waals surface area contributed by atoms with E-state index in [1.165, 1.54) is 6.07 Å². The highest BCUT2D eigenvalue weighted by atomic mass is 19.1. The zero-order valence-electron chi connectivity index (χ0n) is 9.92. The molecule has 0 bridgehead atoms. The third kappa shape index (κ3) is 3.03. The van der Waals surface area contributed by atoms with Crippen molar-refractivity contribution >= 4 is 5.91 Å². The summed E-state index contributed by atoms with van der Waals surface area (Å²) in [4.78, 5) is 11.5. The predicted molar refractivity (Wildman–Crippen MR) is 64.2 cm³/mol. The molecule has 17 heavy (non-hydrogen) atoms. The molecular formula is C13H17FN2O. The maximum Gasteiger partial charge on any atom is 0.225 e. The van der Waals surface area contributed by atoms with E-state index in [-0.39, 0.29) is 17.6 Å². The van der Waals surface area contributed by atoms with Gasteiger partial charge >= 0.3 is 0 Å². The van der Waals surface area contributed by atoms with Gasteiger partial charge < -0.3 is 10.6 Å². The average molecular weight is 236 g/mol. The van der Waals surface area contributed by atoms with Crippen LogP contribution in [0.2, 0.25) is 0 Å². The van der Waals surface area contributed by atoms with Crippen molar-refractivity contribution in [3.8, 4) is 0 Å². The van der Waals surface area contributed by atoms with Gasteiger partial charge in [0.05, 0.1) is 5.92 Å². The van der Waals surface area contributed by atoms with Gasteiger partial charge in [0.25, 0.3) is 0 Å². The monoisotopic (exact) mass is 236 g/mol. The van der Waals surface area contributed by atoms with Crippen LogP contribution in [0.3, 0.4) is 0 Å². The summed E-state index contributed by atoms with van der Waals surface area (Å²) < 4.78 is 13.0. The van der Waals surface area contributed by atoms with Gasteiger partial charge in [0.2, 0.25) is 5.91 Å². The number of carbonyl (C=O) groups is 1. The van der Waals surface area contributed by atoms with Crippen LogP contribution in [-0.2, 0) is 11.2 Å². The summed E-state index contributed by atoms with van der Waals surface area (Å²) in [6.07, 6.45) is 0.743. The van der Waals surface area contributed by atoms with Gasteiger partial charge in [-0.2, -0.15) is 0 Å². The third-order valence-corrected chi connectivity index (χ3v) is 3.09. The van der Waals surface area contributed by atoms with Crippen LogP contribution in [0, 0.1) is 18.7 Å². The number of carbonyl (C=O) groups excluding carboxylic acids is 1. The molecule has 1 aliphatic heterocycles. The van der Waals surface area contributed by atoms with Crippen LogP contribution < -0.4 is 10.6 Å². The first-order valence-corrected chi connectivity index (χ1v) is 5.90. The van der Waals surface area contributed by atoms with Crippen LogP contribution >= 0.6 is 0 Å². The zero-order valence-corrected chi connectivity index (χ0v) is 9.92. The van der Waals surface area contributed by atoms with Gasteiger partial charge in [-0.15, -0.1) is 0 Å². The number of benzene rings is 1. The number of nitrogens with one attached hydrogen (secondary N) is 2. The van der Waals surface area contributed by atoms with Gasteiger partial charge in [0.1, 0.15) is 5.82 Å². The first-order chi connectivity index (χ1) is 8.16. The first kappa shape index (κ1) is 12.0. The van der Waals surface area contributed by atoms with Crippen LogP contribution in [0.15, 0.2) is 18.2 Å². The van der Waals surface area contributed by atoms with Crippen LogP contribution in [0.5, 0.6) is 0 Å². The molecule has 1 aromatic rings. The van der Waals surface area contributed by atoms with Gasteiger partial charge in [-0.05, 0) is 30.5 Å². The van der Waals surface area contributed by atoms with Crippen molar-refractivity contribution in [1.29, 1.82) is 0 Å². The van der Waals surface area contributed by atoms with Gasteiger partial charge in [0.15, 0.2) is 0 Å². The van der Waals surface area contributed by atoms with Crippen molar-refractivity contribution < 1.29 is 9.18 Å². The minimum absolute atomic E-state index is 0.114. The normalized spacial score (nSPS) is 15.4. The maximum atomic E-state index is 13.0. The fourth-order valence-corrected chi connectivity index (χ4v) is 1.81. The van der Waals surface area contributed by atoms with Crippen LogP contribution in [0.25, 0.3) is 0 Å². The van der Waals surface area contributed by atoms with Crippen LogP contribution in [0.1, 0.15) is 11.1 Å². The van der Waals surface area contributed by atoms with Gasteiger partial charge in [-0.1, -0.05) is 12.1 Å². The molecule has 2 N–H and O–H groups in total. The topological polar surface area (TPSA) is 41.1 Å². The quantitative estimate of drug-likeness (QED) is 0.819. The molecule has 1 aliphatic rings. The third-order valence-electron chi connectivity index (χ3n) is 3.09. The molecule has 0 spiro atoms. The Kier molecular flexibility index (Phi) is 3.74. The van der Waals surface area contributed by atoms with E-state index in [0.29, 0.717) is 12.1 Å². The minimum Gasteiger partial charge on any atom is -0.355 e. The molecule has 1 heterocycles. The van der Waals surface area contributed by atoms with E-state index in [1.807, 2.05) is 6.07 Å². The van der Waals surface area contributed by atoms with Gasteiger partial charge in [0, 0.05) is 19.6 Å². The van der Waals surface area contributed by atoms with Crippen molar-refractivity contribution in [2.75, 3.05) is 19.6 Å². The maximum absolute atomic E-state index is 13.0. The minimum atomic E-state index is -0.182. The number of halogens is 1. The average Bonchev–Trinajstić information content (AvgIpc) is 2.21. The van der Waals surface area contributed by atoms with Crippen LogP contribution in [-0.4, -0.2) is 25.5 Å². The molecule has 1 aromatic carbocycles. The lowest BCUT2D eigenvalue weighted by atomic mass is 10.0. The Labute approximate surface area is 100 Å². The number of amides is 1. The highest BCUT2D eigenvalue weighted by Crippen LogP contribution is 2.09. The predicted octanol–water partition coefficient (Wildman–Crippen LogP) is 1.01. The number of rotatable bonds is 4. The van der Waals surface area contributed by atoms with Gasteiger partial charge in [-0.25, -0.2) is 4.39 Å². The Morgan fingerprint density at radius 1 is 1.53 bits per heavy atom. The lowest BCUT2D eigenvalue weighted by Crippen LogP contribution is -2.51. The number of aryl methyl sites for hydroxylation is 1. The SMILES string of the molecule is Cc1cc(CCNC(=O)C2CNC2)ccc1F. The van der Waals surface area contributed by atoms with Crippen molar-refractivity contribution in [2.45, 2.75) is 13.3 Å². The second-order valence-electron chi connectivity index (χ2n) is 4.48. The fourth-order valence-electron chi connectivity index (χ4n) is 1.81. The Bertz CT molecular complexity index is 416. The van der Waals surface area contributed by atoms with E-state index < -0.39 is 0 Å². The van der Waals surface area contributed by atoms with Crippen molar-refractivity contribution in [1.82, 2.24) is 10.6 Å². The molecule has 0 aromatic heterocycles. The summed E-state index contributed by atoms with van der Waals surface area (Å²) in [5.41, 5.74) is 1.70. The van der Waals surface area contributed by atoms with Crippen molar-refractivity contribution in [3.05, 3.63) is 35.1 Å². The molecule has 0 aliphatic carbocycles. The molecular weight excluding hydrogens is 219 g/mol. The highest BCUT2D eigenvalue weighted by Gasteiger charge is 2.23. The zero-order chi connectivity index (χ0) is 12.3. The standard InChI is InChI=1S/C13H17FN2O/c1-9-6-10(2-3-12(9)14)4-5-16-13(17)11-7-15-8-11/h2-3,6,11,15H,4-5,7-8H2,1H3,(H,16,17). The molecule has 2 rings (SSSR count). The smallest absolute Gasteiger partial charge is 0.225 e. The molecule has 0 saturated carbocycles. The summed E-state index contributed by atoms with van der Waals surface area (Å²) in [6.45, 7) is 3.92. The summed E-state index contributed by atoms with van der Waals surface area (Å²) in [7, 11) is 0. The summed E-state index contributed by atoms with van der Waals surface area (Å²) in [5, 5.41) is 5.96. The Hall–Kier alpha value is -1.42. The largest absolute Gasteiger partial charge is 0.355 e. The fraction of sp³-hybridized carbons (Fsp3) is 0.462. The molecule has 92 valence electrons. The summed E-state index contributed by atoms with van der Waals surface area (Å²) >= 11 is 0. The molecule has 0 unspecified atom stereocenters. The van der Waals surface area contributed by atoms with E-state index in [1.54, 1.807) is 13.0 Å². The lowest BCUT2D eigenvalue weighted by molar-refractivity contribution is -0.126. The Balaban J connectivity index is 1.77. The van der Waals surface area contributed by atoms with E-state index in [9.17, 15) is 9.18 Å². The summed E-state index contributed by atoms with van der Waals surface area (Å²) in [5.74, 6) is 0.0610. The Morgan fingerprint density at radius 2 is 2.29 bits per heavy atom. The molecule has 3 nitrogen and oxygen atoms in total. The van der Waals surface area contributed by atoms with Gasteiger partial charge in [-0.3, -0.25) is 4.79 Å². The van der Waals surface area contributed by atoms with E-state index in [4.69, 9.17) is 0 Å². The molecule has 0 atom stereocenters. The molecule has 0 radical (unpaired) electrons. The van der Waals surface area contributed by atoms with E-state index >= 15 is 0 Å². The van der Waals surface area contributed by atoms with E-state index in [2.05, 4.69) is 10.6 Å². The highest BCUT2D eigenvalue weighted by molar-refractivity contribution is 5.79. The second kappa shape index (κ2) is 5.27. The van der Waals surface area contributed by atoms with Crippen LogP contribution in [0.4, 0.5) is 4.39 Å². The molecule has 4 heteroatoms. The summed E-state index contributed by atoms with van der Waals surface area (Å²) in [6, 6.07) is 5.06. The number of hydrogen-bond acceptors (Lipinski definition) is 2. The van der Waals surface area contributed by atoms with E-state index in [0.717, 1.165) is 25.1 Å². The number of hydrogen-bond donors (Lipinski definition) is 2. The second-order valence-corrected chi connectivity index (χ2v) is 4.48. The first-order valence-electron chi connectivity index (χ1n) is 5.90. The molecule has 1 amide bonds.